The number of aryl methyl sites for hydroxylation is 2. The van der Waals surface area contributed by atoms with Crippen molar-refractivity contribution in [3.8, 4) is 0 Å². The third kappa shape index (κ3) is 4.72. The van der Waals surface area contributed by atoms with Crippen LogP contribution in [0.25, 0.3) is 21.8 Å². The van der Waals surface area contributed by atoms with Gasteiger partial charge in [0.2, 0.25) is 0 Å². The van der Waals surface area contributed by atoms with Crippen LogP contribution in [0.5, 0.6) is 0 Å². The molecule has 30 heavy (non-hydrogen) atoms. The summed E-state index contributed by atoms with van der Waals surface area (Å²) in [5, 5.41) is 15.4. The number of benzene rings is 3. The number of nitrogens with one attached hydrogen (secondary N) is 1. The number of hydrogen-bond donors (Lipinski definition) is 3. The summed E-state index contributed by atoms with van der Waals surface area (Å²) in [6.45, 7) is 8.05. The molecule has 6 nitrogen and oxygen atoms in total. The topological polar surface area (TPSA) is 101 Å². The van der Waals surface area contributed by atoms with Gasteiger partial charge in [-0.05, 0) is 66.5 Å². The van der Waals surface area contributed by atoms with Crippen LogP contribution in [0.1, 0.15) is 25.0 Å². The van der Waals surface area contributed by atoms with E-state index in [9.17, 15) is 4.91 Å². The molecule has 0 aliphatic carbocycles. The molecule has 1 aromatic heterocycles. The monoisotopic (exact) mass is 404 g/mol. The van der Waals surface area contributed by atoms with E-state index in [1.807, 2.05) is 58.0 Å². The molecule has 0 amide bonds. The number of pyridine rings is 1. The highest BCUT2D eigenvalue weighted by atomic mass is 16.3. The molecule has 3 aromatic carbocycles. The molecule has 0 fully saturated rings. The minimum absolute atomic E-state index is 0.359. The molecule has 156 valence electrons. The van der Waals surface area contributed by atoms with Gasteiger partial charge in [-0.15, -0.1) is 4.91 Å². The summed E-state index contributed by atoms with van der Waals surface area (Å²) in [5.41, 5.74) is 12.8. The highest BCUT2D eigenvalue weighted by Crippen LogP contribution is 2.36. The number of aromatic nitrogens is 1. The fraction of sp³-hybridized carbons (Fsp3) is 0.208. The Morgan fingerprint density at radius 1 is 0.867 bits per heavy atom. The molecule has 0 bridgehead atoms. The van der Waals surface area contributed by atoms with E-state index in [-0.39, 0.29) is 0 Å². The van der Waals surface area contributed by atoms with Crippen molar-refractivity contribution in [1.29, 1.82) is 0 Å². The van der Waals surface area contributed by atoms with Gasteiger partial charge >= 0.3 is 0 Å². The Hall–Kier alpha value is -3.51. The predicted octanol–water partition coefficient (Wildman–Crippen LogP) is 6.36. The minimum Gasteiger partial charge on any atom is -0.400 e. The first-order valence-electron chi connectivity index (χ1n) is 9.80. The number of fused-ring (bicyclic) bond motifs is 2. The van der Waals surface area contributed by atoms with Crippen LogP contribution in [0.4, 0.5) is 22.7 Å². The number of aliphatic hydroxyl groups is 1. The summed E-state index contributed by atoms with van der Waals surface area (Å²) >= 11 is 0. The fourth-order valence-electron chi connectivity index (χ4n) is 3.15. The summed E-state index contributed by atoms with van der Waals surface area (Å²) in [6.07, 6.45) is 0. The Bertz CT molecular complexity index is 1170. The van der Waals surface area contributed by atoms with Gasteiger partial charge < -0.3 is 16.2 Å². The maximum absolute atomic E-state index is 10.9. The lowest BCUT2D eigenvalue weighted by atomic mass is 10.0. The van der Waals surface area contributed by atoms with Crippen LogP contribution in [0.3, 0.4) is 0 Å². The summed E-state index contributed by atoms with van der Waals surface area (Å²) in [6, 6.07) is 17.3. The van der Waals surface area contributed by atoms with Gasteiger partial charge in [-0.3, -0.25) is 0 Å². The minimum atomic E-state index is 0.359. The Labute approximate surface area is 176 Å². The zero-order chi connectivity index (χ0) is 22.3. The van der Waals surface area contributed by atoms with E-state index in [0.29, 0.717) is 16.9 Å². The number of nitrogens with zero attached hydrogens (tertiary/aromatic N) is 2. The largest absolute Gasteiger partial charge is 0.400 e. The maximum Gasteiger partial charge on any atom is 0.110 e. The average Bonchev–Trinajstić information content (AvgIpc) is 2.78. The molecule has 4 rings (SSSR count). The quantitative estimate of drug-likeness (QED) is 0.209. The van der Waals surface area contributed by atoms with Crippen LogP contribution in [0, 0.1) is 18.8 Å². The van der Waals surface area contributed by atoms with Gasteiger partial charge in [0, 0.05) is 17.9 Å². The fourth-order valence-corrected chi connectivity index (χ4v) is 3.15. The van der Waals surface area contributed by atoms with Crippen LogP contribution in [0.2, 0.25) is 0 Å². The Morgan fingerprint density at radius 2 is 1.43 bits per heavy atom. The van der Waals surface area contributed by atoms with Gasteiger partial charge in [0.1, 0.15) is 5.69 Å². The van der Waals surface area contributed by atoms with Crippen molar-refractivity contribution in [2.75, 3.05) is 18.2 Å². The number of hydrogen-bond acceptors (Lipinski definition) is 6. The molecule has 0 saturated heterocycles. The zero-order valence-corrected chi connectivity index (χ0v) is 18.0. The lowest BCUT2D eigenvalue weighted by Crippen LogP contribution is -1.99. The number of aliphatic hydroxyl groups excluding tert-OH is 1. The molecule has 0 aliphatic heterocycles. The summed E-state index contributed by atoms with van der Waals surface area (Å²) in [5.74, 6) is 0. The van der Waals surface area contributed by atoms with E-state index in [2.05, 4.69) is 22.6 Å². The zero-order valence-electron chi connectivity index (χ0n) is 18.0. The molecule has 4 aromatic rings. The van der Waals surface area contributed by atoms with Crippen LogP contribution >= 0.6 is 0 Å². The van der Waals surface area contributed by atoms with Gasteiger partial charge in [0.25, 0.3) is 0 Å². The molecule has 0 unspecified atom stereocenters. The van der Waals surface area contributed by atoms with Crippen LogP contribution in [0.15, 0.2) is 59.8 Å². The first kappa shape index (κ1) is 22.8. The van der Waals surface area contributed by atoms with Gasteiger partial charge in [-0.2, -0.15) is 0 Å². The molecule has 0 aliphatic rings. The molecule has 0 spiro atoms. The standard InChI is InChI=1S/C21H18N4O.C2H6.CH4O/c1-12-3-6-15-18(9-12)23-19-11-14(25-26)5-7-16(19)21(15)24-20-10-13(2)4-8-17(20)22;2*1-2/h3-11H,22H2,1-2H3,(H,23,24);1-2H3;2H,1H3. The van der Waals surface area contributed by atoms with E-state index < -0.39 is 0 Å². The van der Waals surface area contributed by atoms with Crippen molar-refractivity contribution in [2.45, 2.75) is 27.7 Å². The highest BCUT2D eigenvalue weighted by molar-refractivity contribution is 6.09. The van der Waals surface area contributed by atoms with Gasteiger partial charge in [-0.25, -0.2) is 4.98 Å². The number of anilines is 3. The van der Waals surface area contributed by atoms with Crippen LogP contribution in [-0.4, -0.2) is 17.2 Å². The maximum atomic E-state index is 10.9. The van der Waals surface area contributed by atoms with Crippen molar-refractivity contribution < 1.29 is 5.11 Å². The first-order chi connectivity index (χ1) is 14.5. The molecule has 0 atom stereocenters. The van der Waals surface area contributed by atoms with Gasteiger partial charge in [0.15, 0.2) is 0 Å². The smallest absolute Gasteiger partial charge is 0.110 e. The summed E-state index contributed by atoms with van der Waals surface area (Å²) in [4.78, 5) is 15.6. The Kier molecular flexibility index (Phi) is 7.83. The normalized spacial score (nSPS) is 9.93. The predicted molar refractivity (Wildman–Crippen MR) is 128 cm³/mol. The second-order valence-corrected chi connectivity index (χ2v) is 6.52. The van der Waals surface area contributed by atoms with E-state index in [0.717, 1.165) is 45.9 Å². The third-order valence-corrected chi connectivity index (χ3v) is 4.49. The lowest BCUT2D eigenvalue weighted by Gasteiger charge is -2.15. The van der Waals surface area contributed by atoms with Gasteiger partial charge in [0.05, 0.1) is 28.1 Å². The van der Waals surface area contributed by atoms with E-state index in [1.165, 1.54) is 0 Å². The molecular formula is C24H28N4O2. The van der Waals surface area contributed by atoms with Crippen molar-refractivity contribution in [1.82, 2.24) is 4.98 Å². The van der Waals surface area contributed by atoms with Gasteiger partial charge in [-0.1, -0.05) is 32.0 Å². The molecule has 0 saturated carbocycles. The number of nitrogens with two attached hydrogens (primary N) is 1. The van der Waals surface area contributed by atoms with Crippen molar-refractivity contribution in [3.63, 3.8) is 0 Å². The highest BCUT2D eigenvalue weighted by Gasteiger charge is 2.12. The van der Waals surface area contributed by atoms with E-state index in [4.69, 9.17) is 15.8 Å². The number of nitroso groups, excluding NO2 is 1. The SMILES string of the molecule is CC.CO.Cc1ccc(N)c(Nc2c3ccc(C)cc3nc3cc(N=O)ccc23)c1. The van der Waals surface area contributed by atoms with Crippen LogP contribution in [-0.2, 0) is 0 Å². The Balaban J connectivity index is 0.000000757. The average molecular weight is 405 g/mol. The molecule has 0 radical (unpaired) electrons. The van der Waals surface area contributed by atoms with Crippen LogP contribution < -0.4 is 11.1 Å². The Morgan fingerprint density at radius 3 is 2.10 bits per heavy atom. The lowest BCUT2D eigenvalue weighted by molar-refractivity contribution is 0.399. The first-order valence-corrected chi connectivity index (χ1v) is 9.80. The number of nitrogen functional groups attached to an aromatic ring is 1. The molecule has 4 N–H and O–H groups in total. The second-order valence-electron chi connectivity index (χ2n) is 6.52. The number of rotatable bonds is 3. The summed E-state index contributed by atoms with van der Waals surface area (Å²) < 4.78 is 0. The summed E-state index contributed by atoms with van der Waals surface area (Å²) in [7, 11) is 1.00. The third-order valence-electron chi connectivity index (χ3n) is 4.49. The molecule has 1 heterocycles. The van der Waals surface area contributed by atoms with E-state index >= 15 is 0 Å². The second kappa shape index (κ2) is 10.3. The van der Waals surface area contributed by atoms with Crippen molar-refractivity contribution in [2.24, 2.45) is 5.18 Å². The van der Waals surface area contributed by atoms with Crippen molar-refractivity contribution >= 4 is 44.6 Å². The molecular weight excluding hydrogens is 376 g/mol. The molecule has 6 heteroatoms. The van der Waals surface area contributed by atoms with E-state index in [1.54, 1.807) is 12.1 Å². The van der Waals surface area contributed by atoms with Crippen molar-refractivity contribution in [3.05, 3.63) is 70.6 Å².